The van der Waals surface area contributed by atoms with Crippen molar-refractivity contribution < 1.29 is 19.1 Å². The first kappa shape index (κ1) is 32.1. The van der Waals surface area contributed by atoms with Crippen LogP contribution in [0.3, 0.4) is 0 Å². The van der Waals surface area contributed by atoms with Crippen molar-refractivity contribution in [3.8, 4) is 5.75 Å². The van der Waals surface area contributed by atoms with Crippen molar-refractivity contribution in [3.05, 3.63) is 161 Å². The summed E-state index contributed by atoms with van der Waals surface area (Å²) >= 11 is 7.52. The Morgan fingerprint density at radius 3 is 2.13 bits per heavy atom. The molecule has 0 heterocycles. The highest BCUT2D eigenvalue weighted by Gasteiger charge is 2.23. The standard InChI is InChI=1S/C37H30ClN3O4S/c1-45-31-19-9-17-29(23-31)40-37(44)34(26-12-4-2-5-13-26)46-32-20-10-18-30(24-32)39-36(43)33(22-25-11-8-16-28(38)21-25)41-35(42)27-14-6-3-7-15-27/h2-24,34H,1H3,(H,39,43)(H,40,44)(H,41,42)/b33-22-. The van der Waals surface area contributed by atoms with Gasteiger partial charge in [-0.05, 0) is 71.8 Å². The smallest absolute Gasteiger partial charge is 0.272 e. The Kier molecular flexibility index (Phi) is 10.9. The molecule has 46 heavy (non-hydrogen) atoms. The number of rotatable bonds is 11. The second kappa shape index (κ2) is 15.6. The van der Waals surface area contributed by atoms with Gasteiger partial charge in [-0.15, -0.1) is 11.8 Å². The molecule has 3 N–H and O–H groups in total. The van der Waals surface area contributed by atoms with E-state index in [1.165, 1.54) is 11.8 Å². The van der Waals surface area contributed by atoms with Crippen LogP contribution in [0.1, 0.15) is 26.7 Å². The summed E-state index contributed by atoms with van der Waals surface area (Å²) in [5.74, 6) is -0.536. The Morgan fingerprint density at radius 1 is 0.739 bits per heavy atom. The van der Waals surface area contributed by atoms with E-state index in [2.05, 4.69) is 16.0 Å². The quantitative estimate of drug-likeness (QED) is 0.0991. The highest BCUT2D eigenvalue weighted by molar-refractivity contribution is 8.00. The van der Waals surface area contributed by atoms with Crippen LogP contribution in [-0.4, -0.2) is 24.8 Å². The first-order valence-electron chi connectivity index (χ1n) is 14.3. The van der Waals surface area contributed by atoms with Gasteiger partial charge in [0.15, 0.2) is 0 Å². The van der Waals surface area contributed by atoms with E-state index in [-0.39, 0.29) is 11.6 Å². The summed E-state index contributed by atoms with van der Waals surface area (Å²) in [6.07, 6.45) is 1.56. The second-order valence-corrected chi connectivity index (χ2v) is 11.7. The van der Waals surface area contributed by atoms with Crippen molar-refractivity contribution in [1.29, 1.82) is 0 Å². The molecule has 0 spiro atoms. The number of carbonyl (C=O) groups excluding carboxylic acids is 3. The fourth-order valence-corrected chi connectivity index (χ4v) is 5.78. The highest BCUT2D eigenvalue weighted by atomic mass is 35.5. The molecule has 3 amide bonds. The lowest BCUT2D eigenvalue weighted by Gasteiger charge is -2.18. The van der Waals surface area contributed by atoms with Crippen LogP contribution in [0.25, 0.3) is 6.08 Å². The van der Waals surface area contributed by atoms with Crippen LogP contribution in [0.15, 0.2) is 144 Å². The minimum absolute atomic E-state index is 0.0361. The van der Waals surface area contributed by atoms with E-state index in [4.69, 9.17) is 16.3 Å². The number of carbonyl (C=O) groups is 3. The molecule has 0 saturated carbocycles. The molecule has 7 nitrogen and oxygen atoms in total. The number of thioether (sulfide) groups is 1. The Bertz CT molecular complexity index is 1870. The summed E-state index contributed by atoms with van der Waals surface area (Å²) in [6, 6.07) is 39.4. The second-order valence-electron chi connectivity index (χ2n) is 10.0. The molecule has 0 bridgehead atoms. The molecule has 0 aliphatic carbocycles. The molecule has 5 aromatic carbocycles. The number of anilines is 2. The molecule has 230 valence electrons. The SMILES string of the molecule is COc1cccc(NC(=O)C(Sc2cccc(NC(=O)/C(=C/c3cccc(Cl)c3)NC(=O)c3ccccc3)c2)c2ccccc2)c1. The molecule has 5 aromatic rings. The molecule has 0 radical (unpaired) electrons. The van der Waals surface area contributed by atoms with Crippen molar-refractivity contribution in [1.82, 2.24) is 5.32 Å². The molecular weight excluding hydrogens is 618 g/mol. The van der Waals surface area contributed by atoms with E-state index in [1.54, 1.807) is 92.0 Å². The van der Waals surface area contributed by atoms with Gasteiger partial charge in [-0.1, -0.05) is 84.4 Å². The molecule has 0 fully saturated rings. The van der Waals surface area contributed by atoms with Gasteiger partial charge >= 0.3 is 0 Å². The fourth-order valence-electron chi connectivity index (χ4n) is 4.50. The minimum atomic E-state index is -0.596. The third kappa shape index (κ3) is 8.88. The van der Waals surface area contributed by atoms with Crippen molar-refractivity contribution in [2.45, 2.75) is 10.1 Å². The molecule has 0 aliphatic rings. The zero-order valence-electron chi connectivity index (χ0n) is 24.8. The number of hydrogen-bond donors (Lipinski definition) is 3. The summed E-state index contributed by atoms with van der Waals surface area (Å²) in [5.41, 5.74) is 3.00. The molecule has 5 rings (SSSR count). The Labute approximate surface area is 276 Å². The fraction of sp³-hybridized carbons (Fsp3) is 0.0541. The maximum atomic E-state index is 13.6. The predicted molar refractivity (Wildman–Crippen MR) is 185 cm³/mol. The number of benzene rings is 5. The van der Waals surface area contributed by atoms with Gasteiger partial charge < -0.3 is 20.7 Å². The zero-order chi connectivity index (χ0) is 32.3. The van der Waals surface area contributed by atoms with Gasteiger partial charge in [0, 0.05) is 32.9 Å². The van der Waals surface area contributed by atoms with E-state index in [0.29, 0.717) is 33.3 Å². The van der Waals surface area contributed by atoms with E-state index < -0.39 is 17.1 Å². The first-order chi connectivity index (χ1) is 22.4. The van der Waals surface area contributed by atoms with Crippen LogP contribution in [0.4, 0.5) is 11.4 Å². The summed E-state index contributed by atoms with van der Waals surface area (Å²) in [6.45, 7) is 0. The predicted octanol–water partition coefficient (Wildman–Crippen LogP) is 8.23. The zero-order valence-corrected chi connectivity index (χ0v) is 26.3. The van der Waals surface area contributed by atoms with Crippen LogP contribution in [-0.2, 0) is 9.59 Å². The van der Waals surface area contributed by atoms with E-state index >= 15 is 0 Å². The molecule has 0 saturated heterocycles. The van der Waals surface area contributed by atoms with Gasteiger partial charge in [0.25, 0.3) is 11.8 Å². The van der Waals surface area contributed by atoms with Gasteiger partial charge in [0.05, 0.1) is 7.11 Å². The Morgan fingerprint density at radius 2 is 1.41 bits per heavy atom. The largest absolute Gasteiger partial charge is 0.497 e. The summed E-state index contributed by atoms with van der Waals surface area (Å²) in [4.78, 5) is 40.9. The average molecular weight is 648 g/mol. The molecular formula is C37H30ClN3O4S. The van der Waals surface area contributed by atoms with Crippen LogP contribution < -0.4 is 20.7 Å². The van der Waals surface area contributed by atoms with Crippen molar-refractivity contribution in [2.75, 3.05) is 17.7 Å². The molecule has 1 unspecified atom stereocenters. The van der Waals surface area contributed by atoms with Crippen LogP contribution in [0.2, 0.25) is 5.02 Å². The molecule has 9 heteroatoms. The molecule has 1 atom stereocenters. The van der Waals surface area contributed by atoms with Gasteiger partial charge in [-0.25, -0.2) is 0 Å². The van der Waals surface area contributed by atoms with Crippen molar-refractivity contribution >= 4 is 58.5 Å². The van der Waals surface area contributed by atoms with Gasteiger partial charge in [0.1, 0.15) is 16.7 Å². The molecule has 0 aromatic heterocycles. The average Bonchev–Trinajstić information content (AvgIpc) is 3.08. The van der Waals surface area contributed by atoms with Crippen LogP contribution in [0.5, 0.6) is 5.75 Å². The summed E-state index contributed by atoms with van der Waals surface area (Å²) < 4.78 is 5.30. The van der Waals surface area contributed by atoms with Crippen LogP contribution >= 0.6 is 23.4 Å². The summed E-state index contributed by atoms with van der Waals surface area (Å²) in [7, 11) is 1.57. The van der Waals surface area contributed by atoms with Gasteiger partial charge in [-0.3, -0.25) is 14.4 Å². The lowest BCUT2D eigenvalue weighted by atomic mass is 10.1. The Balaban J connectivity index is 1.37. The number of amides is 3. The molecule has 0 aliphatic heterocycles. The highest BCUT2D eigenvalue weighted by Crippen LogP contribution is 2.37. The number of nitrogens with one attached hydrogen (secondary N) is 3. The maximum absolute atomic E-state index is 13.6. The Hall–Kier alpha value is -5.31. The van der Waals surface area contributed by atoms with E-state index in [0.717, 1.165) is 10.5 Å². The lowest BCUT2D eigenvalue weighted by Crippen LogP contribution is -2.30. The summed E-state index contributed by atoms with van der Waals surface area (Å²) in [5, 5.41) is 8.51. The number of ether oxygens (including phenoxy) is 1. The monoisotopic (exact) mass is 647 g/mol. The topological polar surface area (TPSA) is 96.5 Å². The minimum Gasteiger partial charge on any atom is -0.497 e. The van der Waals surface area contributed by atoms with Gasteiger partial charge in [-0.2, -0.15) is 0 Å². The lowest BCUT2D eigenvalue weighted by molar-refractivity contribution is -0.116. The number of hydrogen-bond acceptors (Lipinski definition) is 5. The third-order valence-electron chi connectivity index (χ3n) is 6.71. The van der Waals surface area contributed by atoms with Gasteiger partial charge in [0.2, 0.25) is 5.91 Å². The number of halogens is 1. The van der Waals surface area contributed by atoms with E-state index in [1.807, 2.05) is 54.6 Å². The van der Waals surface area contributed by atoms with Crippen LogP contribution in [0, 0.1) is 0 Å². The van der Waals surface area contributed by atoms with Crippen molar-refractivity contribution in [2.24, 2.45) is 0 Å². The normalized spacial score (nSPS) is 11.7. The van der Waals surface area contributed by atoms with E-state index in [9.17, 15) is 14.4 Å². The number of methoxy groups -OCH3 is 1. The maximum Gasteiger partial charge on any atom is 0.272 e. The first-order valence-corrected chi connectivity index (χ1v) is 15.6. The van der Waals surface area contributed by atoms with Crippen molar-refractivity contribution in [3.63, 3.8) is 0 Å². The third-order valence-corrected chi connectivity index (χ3v) is 8.20.